The molecule has 2 heteroatoms. The third-order valence-corrected chi connectivity index (χ3v) is 4.98. The highest BCUT2D eigenvalue weighted by Gasteiger charge is 2.62. The molecule has 14 heavy (non-hydrogen) atoms. The fourth-order valence-corrected chi connectivity index (χ4v) is 4.43. The SMILES string of the molecule is NC[C@@H]1[C@@H]2CCCO[C@@H]2C12CCCC2. The molecule has 1 saturated heterocycles. The van der Waals surface area contributed by atoms with Crippen molar-refractivity contribution in [1.82, 2.24) is 0 Å². The molecule has 2 aliphatic carbocycles. The van der Waals surface area contributed by atoms with Gasteiger partial charge in [-0.25, -0.2) is 0 Å². The standard InChI is InChI=1S/C12H21NO/c13-8-10-9-4-3-7-14-11(9)12(10)5-1-2-6-12/h9-11H,1-8,13H2/t9-,10+,11-/m0/s1. The summed E-state index contributed by atoms with van der Waals surface area (Å²) in [7, 11) is 0. The van der Waals surface area contributed by atoms with E-state index < -0.39 is 0 Å². The summed E-state index contributed by atoms with van der Waals surface area (Å²) >= 11 is 0. The van der Waals surface area contributed by atoms with Crippen LogP contribution < -0.4 is 5.73 Å². The van der Waals surface area contributed by atoms with E-state index in [2.05, 4.69) is 0 Å². The molecule has 0 aromatic rings. The predicted octanol–water partition coefficient (Wildman–Crippen LogP) is 1.93. The van der Waals surface area contributed by atoms with Gasteiger partial charge >= 0.3 is 0 Å². The van der Waals surface area contributed by atoms with Crippen molar-refractivity contribution in [3.63, 3.8) is 0 Å². The van der Waals surface area contributed by atoms with E-state index in [1.165, 1.54) is 38.5 Å². The van der Waals surface area contributed by atoms with Crippen LogP contribution in [0.25, 0.3) is 0 Å². The van der Waals surface area contributed by atoms with Crippen molar-refractivity contribution in [1.29, 1.82) is 0 Å². The second-order valence-electron chi connectivity index (χ2n) is 5.38. The van der Waals surface area contributed by atoms with Crippen LogP contribution in [0.1, 0.15) is 38.5 Å². The van der Waals surface area contributed by atoms with Crippen LogP contribution in [0.4, 0.5) is 0 Å². The summed E-state index contributed by atoms with van der Waals surface area (Å²) in [5, 5.41) is 0. The highest BCUT2D eigenvalue weighted by molar-refractivity contribution is 5.11. The molecule has 3 aliphatic rings. The van der Waals surface area contributed by atoms with Crippen LogP contribution in [0.15, 0.2) is 0 Å². The normalized spacial score (nSPS) is 44.8. The van der Waals surface area contributed by atoms with Crippen LogP contribution >= 0.6 is 0 Å². The third-order valence-electron chi connectivity index (χ3n) is 4.98. The Kier molecular flexibility index (Phi) is 2.10. The third kappa shape index (κ3) is 0.989. The first-order chi connectivity index (χ1) is 6.88. The molecule has 1 heterocycles. The van der Waals surface area contributed by atoms with Crippen LogP contribution in [0.3, 0.4) is 0 Å². The van der Waals surface area contributed by atoms with Crippen LogP contribution in [-0.4, -0.2) is 19.3 Å². The van der Waals surface area contributed by atoms with Crippen molar-refractivity contribution in [2.24, 2.45) is 23.0 Å². The molecule has 2 nitrogen and oxygen atoms in total. The monoisotopic (exact) mass is 195 g/mol. The Morgan fingerprint density at radius 3 is 2.71 bits per heavy atom. The summed E-state index contributed by atoms with van der Waals surface area (Å²) in [6.07, 6.45) is 8.80. The highest BCUT2D eigenvalue weighted by Crippen LogP contribution is 2.63. The minimum absolute atomic E-state index is 0.528. The van der Waals surface area contributed by atoms with E-state index in [4.69, 9.17) is 10.5 Å². The van der Waals surface area contributed by atoms with Crippen molar-refractivity contribution in [2.75, 3.05) is 13.2 Å². The van der Waals surface area contributed by atoms with Crippen molar-refractivity contribution in [3.8, 4) is 0 Å². The molecule has 0 radical (unpaired) electrons. The number of hydrogen-bond donors (Lipinski definition) is 1. The summed E-state index contributed by atoms with van der Waals surface area (Å²) in [6.45, 7) is 1.89. The summed E-state index contributed by atoms with van der Waals surface area (Å²) < 4.78 is 5.99. The van der Waals surface area contributed by atoms with Gasteiger partial charge in [-0.15, -0.1) is 0 Å². The molecule has 1 aliphatic heterocycles. The zero-order valence-corrected chi connectivity index (χ0v) is 8.87. The topological polar surface area (TPSA) is 35.2 Å². The number of fused-ring (bicyclic) bond motifs is 2. The minimum Gasteiger partial charge on any atom is -0.377 e. The second-order valence-corrected chi connectivity index (χ2v) is 5.38. The lowest BCUT2D eigenvalue weighted by Crippen LogP contribution is -2.64. The molecular formula is C12H21NO. The number of rotatable bonds is 1. The number of hydrogen-bond acceptors (Lipinski definition) is 2. The summed E-state index contributed by atoms with van der Waals surface area (Å²) in [5.41, 5.74) is 6.47. The molecule has 0 amide bonds. The molecule has 0 aromatic heterocycles. The van der Waals surface area contributed by atoms with Crippen LogP contribution in [0.2, 0.25) is 0 Å². The molecule has 0 bridgehead atoms. The van der Waals surface area contributed by atoms with Gasteiger partial charge in [0.05, 0.1) is 6.10 Å². The molecular weight excluding hydrogens is 174 g/mol. The fourth-order valence-electron chi connectivity index (χ4n) is 4.43. The smallest absolute Gasteiger partial charge is 0.0666 e. The maximum atomic E-state index is 5.99. The molecule has 0 aromatic carbocycles. The van der Waals surface area contributed by atoms with Crippen LogP contribution in [-0.2, 0) is 4.74 Å². The molecule has 3 rings (SSSR count). The van der Waals surface area contributed by atoms with Gasteiger partial charge in [-0.2, -0.15) is 0 Å². The highest BCUT2D eigenvalue weighted by atomic mass is 16.5. The van der Waals surface area contributed by atoms with Gasteiger partial charge in [0.15, 0.2) is 0 Å². The van der Waals surface area contributed by atoms with E-state index in [1.54, 1.807) is 0 Å². The predicted molar refractivity (Wildman–Crippen MR) is 55.9 cm³/mol. The first-order valence-electron chi connectivity index (χ1n) is 6.20. The largest absolute Gasteiger partial charge is 0.377 e. The van der Waals surface area contributed by atoms with Crippen LogP contribution in [0.5, 0.6) is 0 Å². The fraction of sp³-hybridized carbons (Fsp3) is 1.00. The number of nitrogens with two attached hydrogens (primary N) is 1. The van der Waals surface area contributed by atoms with Gasteiger partial charge in [0.1, 0.15) is 0 Å². The van der Waals surface area contributed by atoms with Gasteiger partial charge < -0.3 is 10.5 Å². The molecule has 1 spiro atoms. The van der Waals surface area contributed by atoms with E-state index >= 15 is 0 Å². The lowest BCUT2D eigenvalue weighted by molar-refractivity contribution is -0.224. The van der Waals surface area contributed by atoms with Crippen LogP contribution in [0, 0.1) is 17.3 Å². The Bertz CT molecular complexity index is 214. The van der Waals surface area contributed by atoms with E-state index in [0.29, 0.717) is 11.5 Å². The number of ether oxygens (including phenoxy) is 1. The van der Waals surface area contributed by atoms with E-state index in [-0.39, 0.29) is 0 Å². The zero-order valence-electron chi connectivity index (χ0n) is 8.87. The zero-order chi connectivity index (χ0) is 9.60. The maximum Gasteiger partial charge on any atom is 0.0666 e. The lowest BCUT2D eigenvalue weighted by atomic mass is 9.49. The molecule has 80 valence electrons. The van der Waals surface area contributed by atoms with Gasteiger partial charge in [0, 0.05) is 12.0 Å². The molecule has 2 N–H and O–H groups in total. The Morgan fingerprint density at radius 2 is 2.00 bits per heavy atom. The molecule has 3 fully saturated rings. The summed E-state index contributed by atoms with van der Waals surface area (Å²) in [5.74, 6) is 1.60. The Morgan fingerprint density at radius 1 is 1.21 bits per heavy atom. The summed E-state index contributed by atoms with van der Waals surface area (Å²) in [4.78, 5) is 0. The van der Waals surface area contributed by atoms with Gasteiger partial charge in [0.2, 0.25) is 0 Å². The van der Waals surface area contributed by atoms with Crippen molar-refractivity contribution >= 4 is 0 Å². The minimum atomic E-state index is 0.528. The second kappa shape index (κ2) is 3.21. The van der Waals surface area contributed by atoms with E-state index in [9.17, 15) is 0 Å². The van der Waals surface area contributed by atoms with E-state index in [0.717, 1.165) is 25.0 Å². The van der Waals surface area contributed by atoms with Gasteiger partial charge in [-0.1, -0.05) is 12.8 Å². The van der Waals surface area contributed by atoms with Crippen molar-refractivity contribution < 1.29 is 4.74 Å². The van der Waals surface area contributed by atoms with Gasteiger partial charge in [-0.05, 0) is 44.1 Å². The molecule has 0 unspecified atom stereocenters. The maximum absolute atomic E-state index is 5.99. The average Bonchev–Trinajstić information content (AvgIpc) is 2.69. The molecule has 2 saturated carbocycles. The van der Waals surface area contributed by atoms with Gasteiger partial charge in [-0.3, -0.25) is 0 Å². The van der Waals surface area contributed by atoms with Crippen molar-refractivity contribution in [2.45, 2.75) is 44.6 Å². The Labute approximate surface area is 86.2 Å². The Hall–Kier alpha value is -0.0800. The quantitative estimate of drug-likeness (QED) is 0.694. The Balaban J connectivity index is 1.82. The first kappa shape index (κ1) is 9.17. The average molecular weight is 195 g/mol. The van der Waals surface area contributed by atoms with Crippen molar-refractivity contribution in [3.05, 3.63) is 0 Å². The first-order valence-corrected chi connectivity index (χ1v) is 6.20. The molecule has 3 atom stereocenters. The summed E-state index contributed by atoms with van der Waals surface area (Å²) in [6, 6.07) is 0. The lowest BCUT2D eigenvalue weighted by Gasteiger charge is -2.61. The van der Waals surface area contributed by atoms with E-state index in [1.807, 2.05) is 0 Å². The van der Waals surface area contributed by atoms with Gasteiger partial charge in [0.25, 0.3) is 0 Å².